The fourth-order valence-corrected chi connectivity index (χ4v) is 2.37. The molecule has 0 aliphatic heterocycles. The van der Waals surface area contributed by atoms with E-state index in [1.807, 2.05) is 6.92 Å². The summed E-state index contributed by atoms with van der Waals surface area (Å²) in [5.74, 6) is 1.16. The van der Waals surface area contributed by atoms with Gasteiger partial charge in [0.15, 0.2) is 0 Å². The number of aromatic amines is 1. The summed E-state index contributed by atoms with van der Waals surface area (Å²) in [6, 6.07) is 2.13. The Kier molecular flexibility index (Phi) is 1.74. The van der Waals surface area contributed by atoms with Crippen LogP contribution in [0.5, 0.6) is 0 Å². The van der Waals surface area contributed by atoms with Crippen LogP contribution in [0, 0.1) is 18.3 Å². The molecule has 1 aromatic heterocycles. The molecule has 13 heavy (non-hydrogen) atoms. The van der Waals surface area contributed by atoms with E-state index in [4.69, 9.17) is 5.73 Å². The molecule has 0 amide bonds. The van der Waals surface area contributed by atoms with Crippen LogP contribution in [0.3, 0.4) is 0 Å². The van der Waals surface area contributed by atoms with E-state index in [2.05, 4.69) is 30.1 Å². The van der Waals surface area contributed by atoms with Crippen molar-refractivity contribution in [3.05, 3.63) is 17.5 Å². The Labute approximate surface area is 78.7 Å². The minimum absolute atomic E-state index is 0.344. The molecule has 0 spiro atoms. The van der Waals surface area contributed by atoms with E-state index < -0.39 is 0 Å². The van der Waals surface area contributed by atoms with Crippen LogP contribution < -0.4 is 5.73 Å². The zero-order valence-electron chi connectivity index (χ0n) is 8.46. The predicted octanol–water partition coefficient (Wildman–Crippen LogP) is 1.42. The van der Waals surface area contributed by atoms with Crippen LogP contribution in [-0.2, 0) is 0 Å². The number of nitrogens with one attached hydrogen (secondary N) is 1. The molecular weight excluding hydrogens is 162 g/mol. The molecule has 0 radical (unpaired) electrons. The highest BCUT2D eigenvalue weighted by atomic mass is 15.1. The van der Waals surface area contributed by atoms with Crippen LogP contribution in [0.1, 0.15) is 31.2 Å². The molecule has 1 fully saturated rings. The average molecular weight is 179 g/mol. The maximum absolute atomic E-state index is 5.71. The van der Waals surface area contributed by atoms with Crippen molar-refractivity contribution in [2.24, 2.45) is 17.1 Å². The summed E-state index contributed by atoms with van der Waals surface area (Å²) in [7, 11) is 0. The van der Waals surface area contributed by atoms with Crippen LogP contribution in [0.25, 0.3) is 0 Å². The largest absolute Gasteiger partial charge is 0.330 e. The zero-order valence-corrected chi connectivity index (χ0v) is 8.46. The van der Waals surface area contributed by atoms with Crippen molar-refractivity contribution in [2.75, 3.05) is 6.54 Å². The Balaban J connectivity index is 2.21. The van der Waals surface area contributed by atoms with Gasteiger partial charge in [0.25, 0.3) is 0 Å². The third-order valence-corrected chi connectivity index (χ3v) is 3.35. The molecule has 0 aromatic carbocycles. The highest BCUT2D eigenvalue weighted by Crippen LogP contribution is 2.63. The number of nitrogens with zero attached hydrogens (tertiary/aromatic N) is 1. The summed E-state index contributed by atoms with van der Waals surface area (Å²) < 4.78 is 0. The summed E-state index contributed by atoms with van der Waals surface area (Å²) in [6.07, 6.45) is 0. The van der Waals surface area contributed by atoms with E-state index in [-0.39, 0.29) is 0 Å². The number of hydrogen-bond donors (Lipinski definition) is 2. The van der Waals surface area contributed by atoms with Crippen LogP contribution in [0.4, 0.5) is 0 Å². The fraction of sp³-hybridized carbons (Fsp3) is 0.700. The second kappa shape index (κ2) is 2.58. The van der Waals surface area contributed by atoms with E-state index in [0.29, 0.717) is 17.3 Å². The molecule has 2 rings (SSSR count). The van der Waals surface area contributed by atoms with Crippen LogP contribution in [0.15, 0.2) is 6.07 Å². The lowest BCUT2D eigenvalue weighted by molar-refractivity contribution is 0.557. The Bertz CT molecular complexity index is 314. The lowest BCUT2D eigenvalue weighted by Gasteiger charge is -1.98. The second-order valence-corrected chi connectivity index (χ2v) is 4.62. The first-order valence-electron chi connectivity index (χ1n) is 4.79. The number of hydrogen-bond acceptors (Lipinski definition) is 2. The van der Waals surface area contributed by atoms with E-state index >= 15 is 0 Å². The monoisotopic (exact) mass is 179 g/mol. The summed E-state index contributed by atoms with van der Waals surface area (Å²) in [5, 5.41) is 7.27. The molecule has 1 aliphatic rings. The fourth-order valence-electron chi connectivity index (χ4n) is 2.37. The van der Waals surface area contributed by atoms with Crippen molar-refractivity contribution in [1.29, 1.82) is 0 Å². The molecule has 3 nitrogen and oxygen atoms in total. The van der Waals surface area contributed by atoms with Gasteiger partial charge in [0.2, 0.25) is 0 Å². The van der Waals surface area contributed by atoms with Crippen molar-refractivity contribution in [3.8, 4) is 0 Å². The maximum Gasteiger partial charge on any atom is 0.0664 e. The number of rotatable bonds is 2. The SMILES string of the molecule is Cc1cc([C@@H]2[C@@H](CN)C2(C)C)n[nH]1. The van der Waals surface area contributed by atoms with Gasteiger partial charge in [-0.15, -0.1) is 0 Å². The van der Waals surface area contributed by atoms with Crippen LogP contribution in [-0.4, -0.2) is 16.7 Å². The third kappa shape index (κ3) is 1.18. The summed E-state index contributed by atoms with van der Waals surface area (Å²) in [5.41, 5.74) is 8.36. The standard InChI is InChI=1S/C10H17N3/c1-6-4-8(13-12-6)9-7(5-11)10(9,2)3/h4,7,9H,5,11H2,1-3H3,(H,12,13)/t7-,9+/m1/s1. The Morgan fingerprint density at radius 3 is 2.69 bits per heavy atom. The number of nitrogens with two attached hydrogens (primary N) is 1. The second-order valence-electron chi connectivity index (χ2n) is 4.62. The predicted molar refractivity (Wildman–Crippen MR) is 52.4 cm³/mol. The minimum atomic E-state index is 0.344. The van der Waals surface area contributed by atoms with Crippen molar-refractivity contribution in [2.45, 2.75) is 26.7 Å². The van der Waals surface area contributed by atoms with Gasteiger partial charge in [0.05, 0.1) is 5.69 Å². The van der Waals surface area contributed by atoms with Crippen molar-refractivity contribution < 1.29 is 0 Å². The number of aromatic nitrogens is 2. The number of aryl methyl sites for hydroxylation is 1. The first-order valence-corrected chi connectivity index (χ1v) is 4.79. The maximum atomic E-state index is 5.71. The van der Waals surface area contributed by atoms with E-state index in [0.717, 1.165) is 12.2 Å². The molecule has 72 valence electrons. The molecule has 3 heteroatoms. The van der Waals surface area contributed by atoms with Gasteiger partial charge in [0, 0.05) is 11.6 Å². The van der Waals surface area contributed by atoms with Crippen molar-refractivity contribution in [3.63, 3.8) is 0 Å². The highest BCUT2D eigenvalue weighted by Gasteiger charge is 2.58. The molecule has 0 unspecified atom stereocenters. The summed E-state index contributed by atoms with van der Waals surface area (Å²) in [6.45, 7) is 7.32. The summed E-state index contributed by atoms with van der Waals surface area (Å²) in [4.78, 5) is 0. The lowest BCUT2D eigenvalue weighted by atomic mass is 10.1. The highest BCUT2D eigenvalue weighted by molar-refractivity contribution is 5.26. The molecule has 3 N–H and O–H groups in total. The first-order chi connectivity index (χ1) is 6.07. The average Bonchev–Trinajstić information content (AvgIpc) is 2.41. The molecule has 0 bridgehead atoms. The molecule has 1 aromatic rings. The first kappa shape index (κ1) is 8.75. The van der Waals surface area contributed by atoms with E-state index in [1.54, 1.807) is 0 Å². The van der Waals surface area contributed by atoms with Gasteiger partial charge < -0.3 is 5.73 Å². The van der Waals surface area contributed by atoms with Gasteiger partial charge in [-0.2, -0.15) is 5.10 Å². The van der Waals surface area contributed by atoms with Crippen LogP contribution in [0.2, 0.25) is 0 Å². The lowest BCUT2D eigenvalue weighted by Crippen LogP contribution is -2.05. The minimum Gasteiger partial charge on any atom is -0.330 e. The Hall–Kier alpha value is -0.830. The molecule has 1 heterocycles. The van der Waals surface area contributed by atoms with Crippen molar-refractivity contribution in [1.82, 2.24) is 10.2 Å². The zero-order chi connectivity index (χ0) is 9.64. The van der Waals surface area contributed by atoms with Crippen molar-refractivity contribution >= 4 is 0 Å². The van der Waals surface area contributed by atoms with E-state index in [9.17, 15) is 0 Å². The van der Waals surface area contributed by atoms with Gasteiger partial charge in [-0.25, -0.2) is 0 Å². The summed E-state index contributed by atoms with van der Waals surface area (Å²) >= 11 is 0. The van der Waals surface area contributed by atoms with Gasteiger partial charge in [-0.05, 0) is 30.9 Å². The van der Waals surface area contributed by atoms with Crippen LogP contribution >= 0.6 is 0 Å². The normalized spacial score (nSPS) is 30.5. The van der Waals surface area contributed by atoms with E-state index in [1.165, 1.54) is 5.69 Å². The smallest absolute Gasteiger partial charge is 0.0664 e. The van der Waals surface area contributed by atoms with Gasteiger partial charge >= 0.3 is 0 Å². The van der Waals surface area contributed by atoms with Gasteiger partial charge in [0.1, 0.15) is 0 Å². The topological polar surface area (TPSA) is 54.7 Å². The molecule has 2 atom stereocenters. The molecule has 1 saturated carbocycles. The van der Waals surface area contributed by atoms with Gasteiger partial charge in [-0.1, -0.05) is 13.8 Å². The molecular formula is C10H17N3. The quantitative estimate of drug-likeness (QED) is 0.721. The third-order valence-electron chi connectivity index (χ3n) is 3.35. The number of H-pyrrole nitrogens is 1. The Morgan fingerprint density at radius 1 is 1.62 bits per heavy atom. The molecule has 0 saturated heterocycles. The van der Waals surface area contributed by atoms with Gasteiger partial charge in [-0.3, -0.25) is 5.10 Å². The Morgan fingerprint density at radius 2 is 2.31 bits per heavy atom. The molecule has 1 aliphatic carbocycles.